The summed E-state index contributed by atoms with van der Waals surface area (Å²) in [6, 6.07) is 15.3. The Morgan fingerprint density at radius 3 is 1.36 bits per heavy atom. The SMILES string of the molecule is O=C(Cl)COc1ccc(CCCc2ccc(OCC(=O)Cl)cc2)cc1. The zero-order valence-electron chi connectivity index (χ0n) is 13.5. The summed E-state index contributed by atoms with van der Waals surface area (Å²) in [7, 11) is 0. The van der Waals surface area contributed by atoms with Crippen LogP contribution in [-0.2, 0) is 22.4 Å². The van der Waals surface area contributed by atoms with Gasteiger partial charge in [-0.3, -0.25) is 9.59 Å². The van der Waals surface area contributed by atoms with Crippen LogP contribution in [0.5, 0.6) is 11.5 Å². The molecule has 0 amide bonds. The molecule has 0 aliphatic carbocycles. The fourth-order valence-corrected chi connectivity index (χ4v) is 2.39. The molecule has 2 aromatic rings. The Balaban J connectivity index is 1.74. The van der Waals surface area contributed by atoms with Gasteiger partial charge in [-0.05, 0) is 77.9 Å². The molecule has 0 heterocycles. The lowest BCUT2D eigenvalue weighted by molar-refractivity contribution is -0.114. The average Bonchev–Trinajstić information content (AvgIpc) is 2.60. The van der Waals surface area contributed by atoms with Gasteiger partial charge in [0, 0.05) is 0 Å². The van der Waals surface area contributed by atoms with Crippen molar-refractivity contribution in [3.8, 4) is 11.5 Å². The molecule has 0 N–H and O–H groups in total. The topological polar surface area (TPSA) is 52.6 Å². The molecule has 0 aromatic heterocycles. The minimum Gasteiger partial charge on any atom is -0.484 e. The summed E-state index contributed by atoms with van der Waals surface area (Å²) in [5.74, 6) is 1.26. The van der Waals surface area contributed by atoms with E-state index < -0.39 is 10.5 Å². The van der Waals surface area contributed by atoms with E-state index in [0.29, 0.717) is 11.5 Å². The molecule has 0 unspecified atom stereocenters. The second-order valence-corrected chi connectivity index (χ2v) is 6.27. The molecule has 6 heteroatoms. The first-order chi connectivity index (χ1) is 12.0. The molecule has 0 aliphatic heterocycles. The van der Waals surface area contributed by atoms with E-state index >= 15 is 0 Å². The Hall–Kier alpha value is -2.04. The van der Waals surface area contributed by atoms with E-state index in [1.807, 2.05) is 48.5 Å². The van der Waals surface area contributed by atoms with Gasteiger partial charge in [0.25, 0.3) is 10.5 Å². The van der Waals surface area contributed by atoms with Crippen LogP contribution < -0.4 is 9.47 Å². The predicted octanol–water partition coefficient (Wildman–Crippen LogP) is 4.15. The van der Waals surface area contributed by atoms with Crippen LogP contribution in [0.2, 0.25) is 0 Å². The maximum Gasteiger partial charge on any atom is 0.259 e. The Bertz CT molecular complexity index is 635. The number of hydrogen-bond donors (Lipinski definition) is 0. The van der Waals surface area contributed by atoms with Crippen LogP contribution in [-0.4, -0.2) is 23.7 Å². The first-order valence-electron chi connectivity index (χ1n) is 7.83. The van der Waals surface area contributed by atoms with E-state index in [2.05, 4.69) is 0 Å². The standard InChI is InChI=1S/C19H18Cl2O4/c20-18(22)12-24-16-8-4-14(5-9-16)2-1-3-15-6-10-17(11-7-15)25-13-19(21)23/h4-11H,1-3,12-13H2. The number of carbonyl (C=O) groups excluding carboxylic acids is 2. The third-order valence-corrected chi connectivity index (χ3v) is 3.70. The fourth-order valence-electron chi connectivity index (χ4n) is 2.28. The summed E-state index contributed by atoms with van der Waals surface area (Å²) in [5.41, 5.74) is 2.40. The van der Waals surface area contributed by atoms with Crippen molar-refractivity contribution < 1.29 is 19.1 Å². The predicted molar refractivity (Wildman–Crippen MR) is 97.6 cm³/mol. The van der Waals surface area contributed by atoms with Crippen LogP contribution in [0, 0.1) is 0 Å². The van der Waals surface area contributed by atoms with E-state index in [1.54, 1.807) is 0 Å². The highest BCUT2D eigenvalue weighted by molar-refractivity contribution is 6.64. The van der Waals surface area contributed by atoms with Crippen LogP contribution in [0.1, 0.15) is 17.5 Å². The molecule has 0 saturated heterocycles. The number of ether oxygens (including phenoxy) is 2. The quantitative estimate of drug-likeness (QED) is 0.581. The van der Waals surface area contributed by atoms with Gasteiger partial charge in [-0.1, -0.05) is 24.3 Å². The maximum atomic E-state index is 10.7. The minimum absolute atomic E-state index is 0.125. The largest absolute Gasteiger partial charge is 0.484 e. The monoisotopic (exact) mass is 380 g/mol. The summed E-state index contributed by atoms with van der Waals surface area (Å²) in [6.45, 7) is -0.251. The summed E-state index contributed by atoms with van der Waals surface area (Å²) < 4.78 is 10.4. The van der Waals surface area contributed by atoms with Gasteiger partial charge in [-0.15, -0.1) is 0 Å². The molecule has 2 rings (SSSR count). The van der Waals surface area contributed by atoms with Gasteiger partial charge >= 0.3 is 0 Å². The molecule has 0 spiro atoms. The van der Waals surface area contributed by atoms with Crippen molar-refractivity contribution in [3.63, 3.8) is 0 Å². The minimum atomic E-state index is -0.519. The zero-order chi connectivity index (χ0) is 18.1. The van der Waals surface area contributed by atoms with Crippen LogP contribution >= 0.6 is 23.2 Å². The van der Waals surface area contributed by atoms with Crippen LogP contribution in [0.15, 0.2) is 48.5 Å². The van der Waals surface area contributed by atoms with Crippen LogP contribution in [0.4, 0.5) is 0 Å². The molecule has 2 aromatic carbocycles. The van der Waals surface area contributed by atoms with E-state index in [4.69, 9.17) is 32.7 Å². The van der Waals surface area contributed by atoms with Gasteiger partial charge in [0.2, 0.25) is 0 Å². The first-order valence-corrected chi connectivity index (χ1v) is 8.58. The highest BCUT2D eigenvalue weighted by Gasteiger charge is 2.01. The summed E-state index contributed by atoms with van der Waals surface area (Å²) >= 11 is 10.5. The number of rotatable bonds is 10. The smallest absolute Gasteiger partial charge is 0.259 e. The molecular formula is C19H18Cl2O4. The van der Waals surface area contributed by atoms with Gasteiger partial charge < -0.3 is 9.47 Å². The van der Waals surface area contributed by atoms with E-state index in [9.17, 15) is 9.59 Å². The Morgan fingerprint density at radius 2 is 1.04 bits per heavy atom. The molecule has 4 nitrogen and oxygen atoms in total. The van der Waals surface area contributed by atoms with Crippen molar-refractivity contribution in [1.29, 1.82) is 0 Å². The van der Waals surface area contributed by atoms with Gasteiger partial charge in [0.05, 0.1) is 0 Å². The summed E-state index contributed by atoms with van der Waals surface area (Å²) in [6.07, 6.45) is 2.88. The second-order valence-electron chi connectivity index (χ2n) is 5.43. The van der Waals surface area contributed by atoms with Crippen molar-refractivity contribution in [1.82, 2.24) is 0 Å². The number of carbonyl (C=O) groups is 2. The molecule has 132 valence electrons. The van der Waals surface area contributed by atoms with Crippen molar-refractivity contribution in [3.05, 3.63) is 59.7 Å². The molecule has 0 aliphatic rings. The van der Waals surface area contributed by atoms with Crippen molar-refractivity contribution in [2.45, 2.75) is 19.3 Å². The van der Waals surface area contributed by atoms with E-state index in [0.717, 1.165) is 19.3 Å². The Morgan fingerprint density at radius 1 is 0.680 bits per heavy atom. The summed E-state index contributed by atoms with van der Waals surface area (Å²) in [5, 5.41) is -1.04. The highest BCUT2D eigenvalue weighted by atomic mass is 35.5. The number of aryl methyl sites for hydroxylation is 2. The van der Waals surface area contributed by atoms with Crippen LogP contribution in [0.25, 0.3) is 0 Å². The molecule has 0 fully saturated rings. The highest BCUT2D eigenvalue weighted by Crippen LogP contribution is 2.16. The molecule has 0 radical (unpaired) electrons. The Kier molecular flexibility index (Phi) is 7.76. The van der Waals surface area contributed by atoms with Gasteiger partial charge in [-0.25, -0.2) is 0 Å². The number of hydrogen-bond acceptors (Lipinski definition) is 4. The van der Waals surface area contributed by atoms with Crippen molar-refractivity contribution in [2.75, 3.05) is 13.2 Å². The van der Waals surface area contributed by atoms with Gasteiger partial charge in [-0.2, -0.15) is 0 Å². The lowest BCUT2D eigenvalue weighted by atomic mass is 10.0. The third-order valence-electron chi connectivity index (χ3n) is 3.48. The van der Waals surface area contributed by atoms with Gasteiger partial charge in [0.15, 0.2) is 13.2 Å². The van der Waals surface area contributed by atoms with Gasteiger partial charge in [0.1, 0.15) is 11.5 Å². The molecule has 25 heavy (non-hydrogen) atoms. The summed E-state index contributed by atoms with van der Waals surface area (Å²) in [4.78, 5) is 21.3. The number of benzene rings is 2. The van der Waals surface area contributed by atoms with Crippen molar-refractivity contribution >= 4 is 33.7 Å². The normalized spacial score (nSPS) is 10.3. The van der Waals surface area contributed by atoms with E-state index in [1.165, 1.54) is 11.1 Å². The fraction of sp³-hybridized carbons (Fsp3) is 0.263. The molecule has 0 saturated carbocycles. The molecule has 0 bridgehead atoms. The molecule has 0 atom stereocenters. The lowest BCUT2D eigenvalue weighted by Gasteiger charge is -2.07. The first kappa shape index (κ1) is 19.3. The maximum absolute atomic E-state index is 10.7. The van der Waals surface area contributed by atoms with E-state index in [-0.39, 0.29) is 13.2 Å². The van der Waals surface area contributed by atoms with Crippen LogP contribution in [0.3, 0.4) is 0 Å². The second kappa shape index (κ2) is 10.1. The van der Waals surface area contributed by atoms with Crippen molar-refractivity contribution in [2.24, 2.45) is 0 Å². The number of halogens is 2. The third kappa shape index (κ3) is 7.59. The molecular weight excluding hydrogens is 363 g/mol. The average molecular weight is 381 g/mol. The lowest BCUT2D eigenvalue weighted by Crippen LogP contribution is -2.04. The zero-order valence-corrected chi connectivity index (χ0v) is 15.1. The Labute approximate surface area is 156 Å².